The molecule has 0 saturated carbocycles. The Bertz CT molecular complexity index is 396. The second kappa shape index (κ2) is 3.97. The SMILES string of the molecule is CP(=O)(O)OP(=O)(O)c1ccccc1. The maximum Gasteiger partial charge on any atom is 0.365 e. The minimum atomic E-state index is -4.18. The summed E-state index contributed by atoms with van der Waals surface area (Å²) in [4.78, 5) is 18.1. The normalized spacial score (nSPS) is 19.6. The van der Waals surface area contributed by atoms with Crippen molar-refractivity contribution in [1.29, 1.82) is 0 Å². The van der Waals surface area contributed by atoms with Crippen LogP contribution in [0.5, 0.6) is 0 Å². The summed E-state index contributed by atoms with van der Waals surface area (Å²) in [6.45, 7) is 0.860. The molecule has 0 aliphatic heterocycles. The highest BCUT2D eigenvalue weighted by molar-refractivity contribution is 7.70. The van der Waals surface area contributed by atoms with Crippen molar-refractivity contribution in [3.63, 3.8) is 0 Å². The van der Waals surface area contributed by atoms with Gasteiger partial charge < -0.3 is 9.79 Å². The zero-order valence-corrected chi connectivity index (χ0v) is 9.19. The maximum absolute atomic E-state index is 11.4. The van der Waals surface area contributed by atoms with Gasteiger partial charge in [0.25, 0.3) is 0 Å². The van der Waals surface area contributed by atoms with Crippen molar-refractivity contribution in [1.82, 2.24) is 0 Å². The summed E-state index contributed by atoms with van der Waals surface area (Å²) in [7, 11) is -8.15. The molecule has 1 rings (SSSR count). The number of hydrogen-bond donors (Lipinski definition) is 2. The molecule has 0 saturated heterocycles. The summed E-state index contributed by atoms with van der Waals surface area (Å²) in [6.07, 6.45) is 0. The third kappa shape index (κ3) is 3.37. The van der Waals surface area contributed by atoms with E-state index in [1.54, 1.807) is 18.2 Å². The van der Waals surface area contributed by atoms with E-state index in [0.717, 1.165) is 6.66 Å². The molecule has 0 radical (unpaired) electrons. The van der Waals surface area contributed by atoms with Gasteiger partial charge in [-0.2, -0.15) is 0 Å². The average Bonchev–Trinajstić information content (AvgIpc) is 2.01. The molecule has 0 aliphatic rings. The zero-order valence-electron chi connectivity index (χ0n) is 7.40. The first kappa shape index (κ1) is 11.6. The highest BCUT2D eigenvalue weighted by atomic mass is 31.3. The van der Waals surface area contributed by atoms with Crippen molar-refractivity contribution >= 4 is 20.5 Å². The Kier molecular flexibility index (Phi) is 3.30. The molecule has 1 aromatic rings. The van der Waals surface area contributed by atoms with Gasteiger partial charge in [-0.3, -0.25) is 9.13 Å². The molecule has 0 amide bonds. The van der Waals surface area contributed by atoms with Gasteiger partial charge in [-0.1, -0.05) is 18.2 Å². The molecule has 2 atom stereocenters. The molecule has 2 N–H and O–H groups in total. The average molecular weight is 236 g/mol. The van der Waals surface area contributed by atoms with Gasteiger partial charge in [-0.05, 0) is 12.1 Å². The van der Waals surface area contributed by atoms with Gasteiger partial charge in [0.15, 0.2) is 0 Å². The van der Waals surface area contributed by atoms with Crippen LogP contribution in [-0.4, -0.2) is 16.5 Å². The van der Waals surface area contributed by atoms with E-state index in [0.29, 0.717) is 0 Å². The molecule has 5 nitrogen and oxygen atoms in total. The van der Waals surface area contributed by atoms with Gasteiger partial charge in [0, 0.05) is 6.66 Å². The molecule has 0 bridgehead atoms. The van der Waals surface area contributed by atoms with E-state index >= 15 is 0 Å². The predicted molar refractivity (Wildman–Crippen MR) is 52.7 cm³/mol. The summed E-state index contributed by atoms with van der Waals surface area (Å²) in [6, 6.07) is 7.46. The molecule has 0 fully saturated rings. The second-order valence-corrected chi connectivity index (χ2v) is 6.56. The lowest BCUT2D eigenvalue weighted by molar-refractivity contribution is 0.345. The van der Waals surface area contributed by atoms with E-state index in [2.05, 4.69) is 4.31 Å². The Morgan fingerprint density at radius 1 is 1.14 bits per heavy atom. The van der Waals surface area contributed by atoms with E-state index in [-0.39, 0.29) is 5.30 Å². The van der Waals surface area contributed by atoms with E-state index in [4.69, 9.17) is 4.89 Å². The van der Waals surface area contributed by atoms with Crippen molar-refractivity contribution in [3.8, 4) is 0 Å². The quantitative estimate of drug-likeness (QED) is 0.773. The highest BCUT2D eigenvalue weighted by Gasteiger charge is 2.29. The largest absolute Gasteiger partial charge is 0.365 e. The topological polar surface area (TPSA) is 83.8 Å². The van der Waals surface area contributed by atoms with Crippen molar-refractivity contribution < 1.29 is 23.2 Å². The second-order valence-electron chi connectivity index (χ2n) is 2.74. The first-order valence-corrected chi connectivity index (χ1v) is 7.31. The molecule has 7 heteroatoms. The van der Waals surface area contributed by atoms with E-state index in [1.807, 2.05) is 0 Å². The molecular weight excluding hydrogens is 226 g/mol. The van der Waals surface area contributed by atoms with Crippen molar-refractivity contribution in [2.75, 3.05) is 6.66 Å². The van der Waals surface area contributed by atoms with Crippen LogP contribution in [0.25, 0.3) is 0 Å². The first-order chi connectivity index (χ1) is 6.31. The van der Waals surface area contributed by atoms with Crippen LogP contribution in [0.3, 0.4) is 0 Å². The number of hydrogen-bond acceptors (Lipinski definition) is 3. The lowest BCUT2D eigenvalue weighted by Crippen LogP contribution is -2.04. The Balaban J connectivity index is 2.98. The van der Waals surface area contributed by atoms with Crippen LogP contribution in [-0.2, 0) is 13.4 Å². The third-order valence-electron chi connectivity index (χ3n) is 1.34. The standard InChI is InChI=1S/C7H10O5P2/c1-13(8,9)12-14(10,11)7-5-3-2-4-6-7/h2-6H,1H3,(H,8,9)(H,10,11). The van der Waals surface area contributed by atoms with Crippen LogP contribution >= 0.6 is 15.2 Å². The molecule has 1 aromatic carbocycles. The van der Waals surface area contributed by atoms with E-state index in [1.165, 1.54) is 12.1 Å². The highest BCUT2D eigenvalue weighted by Crippen LogP contribution is 2.56. The minimum Gasteiger partial charge on any atom is -0.324 e. The zero-order chi connectivity index (χ0) is 10.8. The Labute approximate surface area is 81.4 Å². The van der Waals surface area contributed by atoms with Crippen molar-refractivity contribution in [2.45, 2.75) is 0 Å². The van der Waals surface area contributed by atoms with Crippen LogP contribution in [0, 0.1) is 0 Å². The molecule has 14 heavy (non-hydrogen) atoms. The minimum absolute atomic E-state index is 0.00359. The first-order valence-electron chi connectivity index (χ1n) is 3.71. The maximum atomic E-state index is 11.4. The monoisotopic (exact) mass is 236 g/mol. The molecular formula is C7H10O5P2. The molecule has 0 aromatic heterocycles. The van der Waals surface area contributed by atoms with Crippen molar-refractivity contribution in [2.24, 2.45) is 0 Å². The summed E-state index contributed by atoms with van der Waals surface area (Å²) in [5.74, 6) is 0. The van der Waals surface area contributed by atoms with Crippen molar-refractivity contribution in [3.05, 3.63) is 30.3 Å². The van der Waals surface area contributed by atoms with Gasteiger partial charge >= 0.3 is 15.2 Å². The summed E-state index contributed by atoms with van der Waals surface area (Å²) < 4.78 is 26.5. The van der Waals surface area contributed by atoms with Crippen LogP contribution in [0.2, 0.25) is 0 Å². The van der Waals surface area contributed by atoms with Gasteiger partial charge in [0.1, 0.15) is 0 Å². The lowest BCUT2D eigenvalue weighted by Gasteiger charge is -2.13. The molecule has 0 aliphatic carbocycles. The van der Waals surface area contributed by atoms with Gasteiger partial charge in [0.05, 0.1) is 5.30 Å². The molecule has 2 unspecified atom stereocenters. The number of benzene rings is 1. The van der Waals surface area contributed by atoms with Gasteiger partial charge in [-0.25, -0.2) is 4.31 Å². The van der Waals surface area contributed by atoms with Gasteiger partial charge in [0.2, 0.25) is 0 Å². The smallest absolute Gasteiger partial charge is 0.324 e. The fraction of sp³-hybridized carbons (Fsp3) is 0.143. The van der Waals surface area contributed by atoms with E-state index in [9.17, 15) is 14.0 Å². The van der Waals surface area contributed by atoms with Crippen LogP contribution in [0.15, 0.2) is 30.3 Å². The van der Waals surface area contributed by atoms with Crippen LogP contribution in [0.4, 0.5) is 0 Å². The summed E-state index contributed by atoms with van der Waals surface area (Å²) in [5, 5.41) is -0.00359. The molecule has 78 valence electrons. The Morgan fingerprint density at radius 3 is 2.07 bits per heavy atom. The summed E-state index contributed by atoms with van der Waals surface area (Å²) in [5.41, 5.74) is 0. The Morgan fingerprint density at radius 2 is 1.64 bits per heavy atom. The molecule has 0 heterocycles. The third-order valence-corrected chi connectivity index (χ3v) is 4.39. The predicted octanol–water partition coefficient (Wildman–Crippen LogP) is 1.33. The Hall–Kier alpha value is -0.440. The fourth-order valence-corrected chi connectivity index (χ4v) is 3.44. The lowest BCUT2D eigenvalue weighted by atomic mass is 10.4. The van der Waals surface area contributed by atoms with Crippen LogP contribution in [0.1, 0.15) is 0 Å². The molecule has 0 spiro atoms. The van der Waals surface area contributed by atoms with Gasteiger partial charge in [-0.15, -0.1) is 0 Å². The number of rotatable bonds is 3. The fourth-order valence-electron chi connectivity index (χ4n) is 0.869. The van der Waals surface area contributed by atoms with Crippen LogP contribution < -0.4 is 5.30 Å². The summed E-state index contributed by atoms with van der Waals surface area (Å²) >= 11 is 0. The van der Waals surface area contributed by atoms with E-state index < -0.39 is 15.2 Å².